The van der Waals surface area contributed by atoms with Gasteiger partial charge in [0.2, 0.25) is 10.0 Å². The first-order valence-corrected chi connectivity index (χ1v) is 7.61. The Bertz CT molecular complexity index is 648. The molecule has 1 heterocycles. The first kappa shape index (κ1) is 13.8. The molecule has 0 saturated heterocycles. The van der Waals surface area contributed by atoms with Gasteiger partial charge in [-0.2, -0.15) is 5.10 Å². The van der Waals surface area contributed by atoms with Crippen molar-refractivity contribution in [3.63, 3.8) is 0 Å². The highest BCUT2D eigenvalue weighted by Gasteiger charge is 2.22. The summed E-state index contributed by atoms with van der Waals surface area (Å²) in [6.07, 6.45) is 2.28. The van der Waals surface area contributed by atoms with Crippen molar-refractivity contribution < 1.29 is 8.42 Å². The average molecular weight is 279 g/mol. The summed E-state index contributed by atoms with van der Waals surface area (Å²) >= 11 is 0. The standard InChI is InChI=1S/C13H17N3O2S/c1-3-9-14-19(17,18)12-10-16(2)15-13(12)11-7-5-4-6-8-11/h4-8,10,14H,3,9H2,1-2H3. The van der Waals surface area contributed by atoms with Crippen LogP contribution in [0.5, 0.6) is 0 Å². The van der Waals surface area contributed by atoms with Crippen LogP contribution in [0.3, 0.4) is 0 Å². The molecule has 1 aromatic carbocycles. The number of hydrogen-bond donors (Lipinski definition) is 1. The highest BCUT2D eigenvalue weighted by Crippen LogP contribution is 2.25. The fourth-order valence-corrected chi connectivity index (χ4v) is 3.11. The summed E-state index contributed by atoms with van der Waals surface area (Å²) < 4.78 is 28.6. The van der Waals surface area contributed by atoms with Gasteiger partial charge in [-0.15, -0.1) is 0 Å². The summed E-state index contributed by atoms with van der Waals surface area (Å²) in [6.45, 7) is 2.34. The van der Waals surface area contributed by atoms with Crippen LogP contribution in [0.4, 0.5) is 0 Å². The summed E-state index contributed by atoms with van der Waals surface area (Å²) in [6, 6.07) is 9.30. The Morgan fingerprint density at radius 3 is 2.58 bits per heavy atom. The maximum absolute atomic E-state index is 12.2. The van der Waals surface area contributed by atoms with Crippen molar-refractivity contribution in [3.05, 3.63) is 36.5 Å². The molecule has 0 aliphatic rings. The zero-order valence-electron chi connectivity index (χ0n) is 11.0. The molecular formula is C13H17N3O2S. The number of nitrogens with zero attached hydrogens (tertiary/aromatic N) is 2. The van der Waals surface area contributed by atoms with Crippen LogP contribution >= 0.6 is 0 Å². The normalized spacial score (nSPS) is 11.7. The molecule has 19 heavy (non-hydrogen) atoms. The molecule has 5 nitrogen and oxygen atoms in total. The Hall–Kier alpha value is -1.66. The van der Waals surface area contributed by atoms with Crippen molar-refractivity contribution in [1.29, 1.82) is 0 Å². The monoisotopic (exact) mass is 279 g/mol. The van der Waals surface area contributed by atoms with Crippen molar-refractivity contribution in [2.24, 2.45) is 7.05 Å². The summed E-state index contributed by atoms with van der Waals surface area (Å²) in [5, 5.41) is 4.25. The molecule has 0 aliphatic carbocycles. The van der Waals surface area contributed by atoms with Crippen molar-refractivity contribution in [1.82, 2.24) is 14.5 Å². The van der Waals surface area contributed by atoms with E-state index in [0.29, 0.717) is 12.2 Å². The lowest BCUT2D eigenvalue weighted by molar-refractivity contribution is 0.581. The van der Waals surface area contributed by atoms with E-state index in [1.54, 1.807) is 7.05 Å². The summed E-state index contributed by atoms with van der Waals surface area (Å²) in [5.74, 6) is 0. The number of aromatic nitrogens is 2. The molecule has 0 fully saturated rings. The number of rotatable bonds is 5. The van der Waals surface area contributed by atoms with Crippen molar-refractivity contribution in [3.8, 4) is 11.3 Å². The van der Waals surface area contributed by atoms with E-state index in [1.807, 2.05) is 37.3 Å². The van der Waals surface area contributed by atoms with Gasteiger partial charge in [-0.3, -0.25) is 4.68 Å². The molecule has 1 aromatic heterocycles. The van der Waals surface area contributed by atoms with Gasteiger partial charge in [-0.1, -0.05) is 37.3 Å². The van der Waals surface area contributed by atoms with E-state index in [-0.39, 0.29) is 4.90 Å². The van der Waals surface area contributed by atoms with Gasteiger partial charge in [0.05, 0.1) is 0 Å². The lowest BCUT2D eigenvalue weighted by atomic mass is 10.2. The van der Waals surface area contributed by atoms with E-state index in [1.165, 1.54) is 10.9 Å². The lowest BCUT2D eigenvalue weighted by Gasteiger charge is -2.05. The number of sulfonamides is 1. The Kier molecular flexibility index (Phi) is 4.01. The van der Waals surface area contributed by atoms with Crippen LogP contribution in [0, 0.1) is 0 Å². The molecule has 0 bridgehead atoms. The van der Waals surface area contributed by atoms with Crippen LogP contribution in [0.25, 0.3) is 11.3 Å². The van der Waals surface area contributed by atoms with Gasteiger partial charge in [0.15, 0.2) is 0 Å². The first-order valence-electron chi connectivity index (χ1n) is 6.13. The molecule has 0 saturated carbocycles. The maximum atomic E-state index is 12.2. The van der Waals surface area contributed by atoms with E-state index < -0.39 is 10.0 Å². The average Bonchev–Trinajstić information content (AvgIpc) is 2.80. The number of hydrogen-bond acceptors (Lipinski definition) is 3. The van der Waals surface area contributed by atoms with Crippen LogP contribution < -0.4 is 4.72 Å². The first-order chi connectivity index (χ1) is 9.04. The fourth-order valence-electron chi connectivity index (χ4n) is 1.77. The largest absolute Gasteiger partial charge is 0.274 e. The third-order valence-electron chi connectivity index (χ3n) is 2.67. The molecule has 0 spiro atoms. The summed E-state index contributed by atoms with van der Waals surface area (Å²) in [5.41, 5.74) is 1.27. The van der Waals surface area contributed by atoms with Crippen molar-refractivity contribution >= 4 is 10.0 Å². The van der Waals surface area contributed by atoms with E-state index in [2.05, 4.69) is 9.82 Å². The van der Waals surface area contributed by atoms with E-state index in [0.717, 1.165) is 12.0 Å². The number of aryl methyl sites for hydroxylation is 1. The quantitative estimate of drug-likeness (QED) is 0.907. The zero-order valence-corrected chi connectivity index (χ0v) is 11.8. The zero-order chi connectivity index (χ0) is 13.9. The highest BCUT2D eigenvalue weighted by atomic mass is 32.2. The summed E-state index contributed by atoms with van der Waals surface area (Å²) in [4.78, 5) is 0.217. The Morgan fingerprint density at radius 1 is 1.26 bits per heavy atom. The predicted molar refractivity (Wildman–Crippen MR) is 74.1 cm³/mol. The van der Waals surface area contributed by atoms with Crippen LogP contribution in [-0.4, -0.2) is 24.7 Å². The topological polar surface area (TPSA) is 64.0 Å². The summed E-state index contributed by atoms with van der Waals surface area (Å²) in [7, 11) is -1.80. The second-order valence-corrected chi connectivity index (χ2v) is 6.01. The minimum absolute atomic E-state index is 0.217. The molecular weight excluding hydrogens is 262 g/mol. The van der Waals surface area contributed by atoms with Crippen LogP contribution in [-0.2, 0) is 17.1 Å². The highest BCUT2D eigenvalue weighted by molar-refractivity contribution is 7.89. The van der Waals surface area contributed by atoms with Crippen LogP contribution in [0.1, 0.15) is 13.3 Å². The second kappa shape index (κ2) is 5.54. The van der Waals surface area contributed by atoms with Gasteiger partial charge in [0.25, 0.3) is 0 Å². The Morgan fingerprint density at radius 2 is 1.95 bits per heavy atom. The molecule has 0 unspecified atom stereocenters. The van der Waals surface area contributed by atoms with Crippen molar-refractivity contribution in [2.45, 2.75) is 18.2 Å². The van der Waals surface area contributed by atoms with Gasteiger partial charge in [0, 0.05) is 25.4 Å². The third kappa shape index (κ3) is 3.02. The molecule has 102 valence electrons. The molecule has 2 aromatic rings. The van der Waals surface area contributed by atoms with Crippen LogP contribution in [0.15, 0.2) is 41.4 Å². The van der Waals surface area contributed by atoms with Crippen LogP contribution in [0.2, 0.25) is 0 Å². The smallest absolute Gasteiger partial charge is 0.244 e. The van der Waals surface area contributed by atoms with Gasteiger partial charge >= 0.3 is 0 Å². The predicted octanol–water partition coefficient (Wildman–Crippen LogP) is 1.78. The third-order valence-corrected chi connectivity index (χ3v) is 4.14. The Labute approximate surface area is 113 Å². The van der Waals surface area contributed by atoms with E-state index in [4.69, 9.17) is 0 Å². The number of benzene rings is 1. The lowest BCUT2D eigenvalue weighted by Crippen LogP contribution is -2.24. The van der Waals surface area contributed by atoms with E-state index >= 15 is 0 Å². The maximum Gasteiger partial charge on any atom is 0.244 e. The minimum atomic E-state index is -3.51. The SMILES string of the molecule is CCCNS(=O)(=O)c1cn(C)nc1-c1ccccc1. The molecule has 2 rings (SSSR count). The van der Waals surface area contributed by atoms with Crippen molar-refractivity contribution in [2.75, 3.05) is 6.54 Å². The van der Waals surface area contributed by atoms with Gasteiger partial charge in [-0.25, -0.2) is 13.1 Å². The molecule has 1 N–H and O–H groups in total. The number of nitrogens with one attached hydrogen (secondary N) is 1. The fraction of sp³-hybridized carbons (Fsp3) is 0.308. The van der Waals surface area contributed by atoms with Gasteiger partial charge in [0.1, 0.15) is 10.6 Å². The minimum Gasteiger partial charge on any atom is -0.274 e. The molecule has 0 amide bonds. The Balaban J connectivity index is 2.48. The molecule has 0 atom stereocenters. The molecule has 6 heteroatoms. The molecule has 0 aliphatic heterocycles. The van der Waals surface area contributed by atoms with Gasteiger partial charge < -0.3 is 0 Å². The molecule has 0 radical (unpaired) electrons. The van der Waals surface area contributed by atoms with Gasteiger partial charge in [-0.05, 0) is 6.42 Å². The second-order valence-electron chi connectivity index (χ2n) is 4.28. The van der Waals surface area contributed by atoms with E-state index in [9.17, 15) is 8.42 Å².